The van der Waals surface area contributed by atoms with E-state index in [4.69, 9.17) is 9.47 Å². The number of nitrogens with one attached hydrogen (secondary N) is 1. The molecule has 3 rings (SSSR count). The fraction of sp³-hybridized carbons (Fsp3) is 0.478. The molecular formula is C23H30FNO2. The zero-order valence-electron chi connectivity index (χ0n) is 16.2. The first kappa shape index (κ1) is 19.7. The number of para-hydroxylation sites is 1. The van der Waals surface area contributed by atoms with Crippen LogP contribution in [-0.4, -0.2) is 13.2 Å². The Morgan fingerprint density at radius 1 is 0.926 bits per heavy atom. The van der Waals surface area contributed by atoms with E-state index in [2.05, 4.69) is 11.4 Å². The summed E-state index contributed by atoms with van der Waals surface area (Å²) in [6, 6.07) is 13.2. The Morgan fingerprint density at radius 2 is 1.63 bits per heavy atom. The highest BCUT2D eigenvalue weighted by atomic mass is 19.1. The molecule has 0 atom stereocenters. The third-order valence-electron chi connectivity index (χ3n) is 5.30. The van der Waals surface area contributed by atoms with Gasteiger partial charge >= 0.3 is 0 Å². The van der Waals surface area contributed by atoms with Gasteiger partial charge in [-0.1, -0.05) is 62.4 Å². The normalized spacial score (nSPS) is 15.8. The van der Waals surface area contributed by atoms with Crippen LogP contribution in [0.4, 0.5) is 4.39 Å². The van der Waals surface area contributed by atoms with Gasteiger partial charge in [0.25, 0.3) is 0 Å². The summed E-state index contributed by atoms with van der Waals surface area (Å²) >= 11 is 0. The minimum absolute atomic E-state index is 0.184. The molecule has 1 saturated carbocycles. The molecule has 0 amide bonds. The summed E-state index contributed by atoms with van der Waals surface area (Å²) in [5, 5.41) is 3.70. The van der Waals surface area contributed by atoms with E-state index in [0.29, 0.717) is 23.1 Å². The molecule has 146 valence electrons. The molecule has 0 bridgehead atoms. The number of benzene rings is 2. The number of hydrogen-bond acceptors (Lipinski definition) is 3. The van der Waals surface area contributed by atoms with Gasteiger partial charge in [-0.3, -0.25) is 0 Å². The van der Waals surface area contributed by atoms with Gasteiger partial charge in [0.1, 0.15) is 12.4 Å². The molecule has 0 spiro atoms. The molecule has 1 N–H and O–H groups in total. The van der Waals surface area contributed by atoms with Gasteiger partial charge in [-0.25, -0.2) is 4.39 Å². The predicted molar refractivity (Wildman–Crippen MR) is 107 cm³/mol. The third-order valence-corrected chi connectivity index (χ3v) is 5.30. The molecule has 0 saturated heterocycles. The van der Waals surface area contributed by atoms with Gasteiger partial charge in [-0.05, 0) is 25.0 Å². The third kappa shape index (κ3) is 5.70. The first-order valence-corrected chi connectivity index (χ1v) is 10.0. The summed E-state index contributed by atoms with van der Waals surface area (Å²) in [5.74, 6) is 1.13. The van der Waals surface area contributed by atoms with Gasteiger partial charge in [0.2, 0.25) is 0 Å². The van der Waals surface area contributed by atoms with E-state index in [1.165, 1.54) is 51.0 Å². The zero-order chi connectivity index (χ0) is 18.9. The maximum atomic E-state index is 13.9. The highest BCUT2D eigenvalue weighted by Crippen LogP contribution is 2.32. The van der Waals surface area contributed by atoms with E-state index in [0.717, 1.165) is 12.1 Å². The second kappa shape index (κ2) is 10.3. The predicted octanol–water partition coefficient (Wildman–Crippen LogP) is 5.62. The lowest BCUT2D eigenvalue weighted by molar-refractivity contribution is 0.275. The van der Waals surface area contributed by atoms with Crippen LogP contribution in [0.1, 0.15) is 56.1 Å². The van der Waals surface area contributed by atoms with Crippen LogP contribution in [0.25, 0.3) is 0 Å². The number of rotatable bonds is 7. The Hall–Kier alpha value is -2.07. The van der Waals surface area contributed by atoms with Gasteiger partial charge in [0.05, 0.1) is 7.11 Å². The van der Waals surface area contributed by atoms with Crippen LogP contribution in [-0.2, 0) is 13.2 Å². The van der Waals surface area contributed by atoms with Gasteiger partial charge in [-0.2, -0.15) is 0 Å². The van der Waals surface area contributed by atoms with E-state index in [9.17, 15) is 4.39 Å². The highest BCUT2D eigenvalue weighted by molar-refractivity contribution is 5.46. The van der Waals surface area contributed by atoms with Crippen molar-refractivity contribution < 1.29 is 13.9 Å². The van der Waals surface area contributed by atoms with Crippen molar-refractivity contribution in [3.05, 3.63) is 59.4 Å². The van der Waals surface area contributed by atoms with Crippen LogP contribution in [0.3, 0.4) is 0 Å². The molecule has 4 heteroatoms. The lowest BCUT2D eigenvalue weighted by atomic mass is 9.96. The molecule has 1 aliphatic carbocycles. The monoisotopic (exact) mass is 371 g/mol. The van der Waals surface area contributed by atoms with Crippen molar-refractivity contribution in [3.63, 3.8) is 0 Å². The van der Waals surface area contributed by atoms with Gasteiger partial charge in [-0.15, -0.1) is 0 Å². The maximum Gasteiger partial charge on any atom is 0.166 e. The number of hydrogen-bond donors (Lipinski definition) is 1. The lowest BCUT2D eigenvalue weighted by Gasteiger charge is -2.22. The van der Waals surface area contributed by atoms with Crippen molar-refractivity contribution >= 4 is 0 Å². The van der Waals surface area contributed by atoms with Crippen molar-refractivity contribution in [1.82, 2.24) is 5.32 Å². The van der Waals surface area contributed by atoms with Crippen molar-refractivity contribution in [2.45, 2.75) is 64.1 Å². The van der Waals surface area contributed by atoms with Crippen molar-refractivity contribution in [2.24, 2.45) is 0 Å². The van der Waals surface area contributed by atoms with E-state index in [1.807, 2.05) is 18.2 Å². The summed E-state index contributed by atoms with van der Waals surface area (Å²) in [6.45, 7) is 0.915. The van der Waals surface area contributed by atoms with E-state index in [-0.39, 0.29) is 12.4 Å². The van der Waals surface area contributed by atoms with Crippen LogP contribution in [0.2, 0.25) is 0 Å². The van der Waals surface area contributed by atoms with Gasteiger partial charge in [0, 0.05) is 23.7 Å². The van der Waals surface area contributed by atoms with E-state index < -0.39 is 0 Å². The fourth-order valence-corrected chi connectivity index (χ4v) is 3.70. The number of methoxy groups -OCH3 is 1. The summed E-state index contributed by atoms with van der Waals surface area (Å²) in [6.07, 6.45) is 9.11. The van der Waals surface area contributed by atoms with E-state index in [1.54, 1.807) is 19.2 Å². The van der Waals surface area contributed by atoms with Crippen LogP contribution in [0.15, 0.2) is 42.5 Å². The first-order chi connectivity index (χ1) is 13.3. The molecular weight excluding hydrogens is 341 g/mol. The molecule has 1 fully saturated rings. The molecule has 1 aliphatic rings. The second-order valence-corrected chi connectivity index (χ2v) is 7.25. The molecule has 0 aliphatic heterocycles. The smallest absolute Gasteiger partial charge is 0.166 e. The van der Waals surface area contributed by atoms with Gasteiger partial charge < -0.3 is 14.8 Å². The van der Waals surface area contributed by atoms with Crippen molar-refractivity contribution in [1.29, 1.82) is 0 Å². The Kier molecular flexibility index (Phi) is 7.52. The minimum atomic E-state index is -0.249. The van der Waals surface area contributed by atoms with Gasteiger partial charge in [0.15, 0.2) is 11.5 Å². The standard InChI is InChI=1S/C23H30FNO2/c1-26-22-15-9-11-18(16-25-20-12-5-3-2-4-6-13-20)23(22)27-17-19-10-7-8-14-21(19)24/h7-11,14-15,20,25H,2-6,12-13,16-17H2,1H3. The zero-order valence-corrected chi connectivity index (χ0v) is 16.2. The molecule has 0 aromatic heterocycles. The summed E-state index contributed by atoms with van der Waals surface area (Å²) in [4.78, 5) is 0. The SMILES string of the molecule is COc1cccc(CNC2CCCCCCC2)c1OCc1ccccc1F. The molecule has 0 unspecified atom stereocenters. The topological polar surface area (TPSA) is 30.5 Å². The molecule has 0 heterocycles. The van der Waals surface area contributed by atoms with Crippen LogP contribution in [0.5, 0.6) is 11.5 Å². The Labute approximate surface area is 161 Å². The average Bonchev–Trinajstić information content (AvgIpc) is 2.66. The molecule has 2 aromatic carbocycles. The van der Waals surface area contributed by atoms with Crippen LogP contribution in [0, 0.1) is 5.82 Å². The first-order valence-electron chi connectivity index (χ1n) is 10.0. The summed E-state index contributed by atoms with van der Waals surface area (Å²) < 4.78 is 25.4. The highest BCUT2D eigenvalue weighted by Gasteiger charge is 2.15. The number of halogens is 1. The Balaban J connectivity index is 1.68. The minimum Gasteiger partial charge on any atom is -0.493 e. The second-order valence-electron chi connectivity index (χ2n) is 7.25. The summed E-state index contributed by atoms with van der Waals surface area (Å²) in [7, 11) is 1.64. The summed E-state index contributed by atoms with van der Waals surface area (Å²) in [5.41, 5.74) is 1.59. The Bertz CT molecular complexity index is 711. The number of ether oxygens (including phenoxy) is 2. The van der Waals surface area contributed by atoms with Crippen molar-refractivity contribution in [3.8, 4) is 11.5 Å². The fourth-order valence-electron chi connectivity index (χ4n) is 3.70. The lowest BCUT2D eigenvalue weighted by Crippen LogP contribution is -2.29. The maximum absolute atomic E-state index is 13.9. The molecule has 2 aromatic rings. The molecule has 3 nitrogen and oxygen atoms in total. The van der Waals surface area contributed by atoms with E-state index >= 15 is 0 Å². The largest absolute Gasteiger partial charge is 0.493 e. The van der Waals surface area contributed by atoms with Crippen LogP contribution >= 0.6 is 0 Å². The Morgan fingerprint density at radius 3 is 2.37 bits per heavy atom. The van der Waals surface area contributed by atoms with Crippen molar-refractivity contribution in [2.75, 3.05) is 7.11 Å². The molecule has 0 radical (unpaired) electrons. The quantitative estimate of drug-likeness (QED) is 0.685. The van der Waals surface area contributed by atoms with Crippen LogP contribution < -0.4 is 14.8 Å². The average molecular weight is 371 g/mol. The molecule has 27 heavy (non-hydrogen) atoms.